The van der Waals surface area contributed by atoms with Crippen molar-refractivity contribution in [3.63, 3.8) is 0 Å². The number of rotatable bonds is 2. The lowest BCUT2D eigenvalue weighted by atomic mass is 9.94. The standard InChI is InChI=1S/C13H16/c1-6-12-11(5)10(4)7-8-13(12)9(2)3/h6-8H,1-2H2,3-5H3. The van der Waals surface area contributed by atoms with Crippen LogP contribution in [0.4, 0.5) is 0 Å². The maximum atomic E-state index is 3.96. The van der Waals surface area contributed by atoms with E-state index >= 15 is 0 Å². The highest BCUT2D eigenvalue weighted by molar-refractivity contribution is 5.73. The van der Waals surface area contributed by atoms with Gasteiger partial charge >= 0.3 is 0 Å². The molecule has 0 fully saturated rings. The van der Waals surface area contributed by atoms with Crippen molar-refractivity contribution in [1.82, 2.24) is 0 Å². The van der Waals surface area contributed by atoms with E-state index in [0.717, 1.165) is 5.57 Å². The van der Waals surface area contributed by atoms with Gasteiger partial charge in [0.15, 0.2) is 0 Å². The van der Waals surface area contributed by atoms with E-state index in [1.54, 1.807) is 0 Å². The van der Waals surface area contributed by atoms with Crippen LogP contribution in [0.5, 0.6) is 0 Å². The zero-order valence-corrected chi connectivity index (χ0v) is 8.65. The Morgan fingerprint density at radius 1 is 1.31 bits per heavy atom. The molecule has 13 heavy (non-hydrogen) atoms. The summed E-state index contributed by atoms with van der Waals surface area (Å²) in [7, 11) is 0. The predicted octanol–water partition coefficient (Wildman–Crippen LogP) is 3.98. The van der Waals surface area contributed by atoms with E-state index < -0.39 is 0 Å². The predicted molar refractivity (Wildman–Crippen MR) is 60.7 cm³/mol. The molecule has 1 aromatic carbocycles. The number of aryl methyl sites for hydroxylation is 1. The number of allylic oxidation sites excluding steroid dienone is 1. The highest BCUT2D eigenvalue weighted by Gasteiger charge is 2.04. The molecule has 0 saturated heterocycles. The first-order chi connectivity index (χ1) is 6.07. The minimum atomic E-state index is 1.10. The summed E-state index contributed by atoms with van der Waals surface area (Å²) in [4.78, 5) is 0. The molecule has 0 aromatic heterocycles. The van der Waals surface area contributed by atoms with Gasteiger partial charge in [-0.15, -0.1) is 0 Å². The lowest BCUT2D eigenvalue weighted by Crippen LogP contribution is -1.91. The first-order valence-electron chi connectivity index (χ1n) is 4.46. The third kappa shape index (κ3) is 1.72. The quantitative estimate of drug-likeness (QED) is 0.633. The molecule has 0 aliphatic rings. The van der Waals surface area contributed by atoms with Crippen LogP contribution < -0.4 is 0 Å². The molecule has 0 aliphatic carbocycles. The number of hydrogen-bond donors (Lipinski definition) is 0. The normalized spacial score (nSPS) is 9.77. The molecule has 0 heteroatoms. The summed E-state index contributed by atoms with van der Waals surface area (Å²) in [6.45, 7) is 14.1. The van der Waals surface area contributed by atoms with Crippen molar-refractivity contribution in [1.29, 1.82) is 0 Å². The van der Waals surface area contributed by atoms with Gasteiger partial charge in [-0.3, -0.25) is 0 Å². The van der Waals surface area contributed by atoms with Gasteiger partial charge in [0.1, 0.15) is 0 Å². The van der Waals surface area contributed by atoms with Gasteiger partial charge in [-0.05, 0) is 43.0 Å². The Bertz CT molecular complexity index is 357. The van der Waals surface area contributed by atoms with Crippen molar-refractivity contribution in [2.45, 2.75) is 20.8 Å². The zero-order chi connectivity index (χ0) is 10.0. The van der Waals surface area contributed by atoms with Crippen LogP contribution in [0, 0.1) is 13.8 Å². The van der Waals surface area contributed by atoms with E-state index in [4.69, 9.17) is 0 Å². The molecule has 1 rings (SSSR count). The first-order valence-corrected chi connectivity index (χ1v) is 4.46. The van der Waals surface area contributed by atoms with Crippen molar-refractivity contribution in [3.05, 3.63) is 47.5 Å². The number of hydrogen-bond acceptors (Lipinski definition) is 0. The summed E-state index contributed by atoms with van der Waals surface area (Å²) in [5.41, 5.74) is 6.12. The third-order valence-corrected chi connectivity index (χ3v) is 2.45. The van der Waals surface area contributed by atoms with Crippen LogP contribution >= 0.6 is 0 Å². The molecule has 0 bridgehead atoms. The van der Waals surface area contributed by atoms with Gasteiger partial charge in [-0.25, -0.2) is 0 Å². The summed E-state index contributed by atoms with van der Waals surface area (Å²) in [5.74, 6) is 0. The van der Waals surface area contributed by atoms with E-state index in [1.165, 1.54) is 22.3 Å². The summed E-state index contributed by atoms with van der Waals surface area (Å²) in [6, 6.07) is 4.24. The van der Waals surface area contributed by atoms with Gasteiger partial charge in [0.05, 0.1) is 0 Å². The monoisotopic (exact) mass is 172 g/mol. The highest BCUT2D eigenvalue weighted by Crippen LogP contribution is 2.24. The van der Waals surface area contributed by atoms with Gasteiger partial charge in [0.2, 0.25) is 0 Å². The van der Waals surface area contributed by atoms with E-state index in [1.807, 2.05) is 13.0 Å². The van der Waals surface area contributed by atoms with Crippen LogP contribution in [0.2, 0.25) is 0 Å². The Labute approximate surface area is 80.6 Å². The molecule has 0 aliphatic heterocycles. The van der Waals surface area contributed by atoms with Crippen LogP contribution in [0.25, 0.3) is 11.6 Å². The minimum absolute atomic E-state index is 1.10. The molecule has 0 amide bonds. The van der Waals surface area contributed by atoms with Crippen molar-refractivity contribution in [3.8, 4) is 0 Å². The van der Waals surface area contributed by atoms with E-state index in [9.17, 15) is 0 Å². The molecule has 0 spiro atoms. The molecule has 1 aromatic rings. The first kappa shape index (κ1) is 9.79. The van der Waals surface area contributed by atoms with Gasteiger partial charge < -0.3 is 0 Å². The largest absolute Gasteiger partial charge is 0.0984 e. The topological polar surface area (TPSA) is 0 Å². The van der Waals surface area contributed by atoms with Gasteiger partial charge in [0.25, 0.3) is 0 Å². The summed E-state index contributed by atoms with van der Waals surface area (Å²) >= 11 is 0. The smallest absolute Gasteiger partial charge is 0.0156 e. The molecule has 68 valence electrons. The molecular weight excluding hydrogens is 156 g/mol. The summed E-state index contributed by atoms with van der Waals surface area (Å²) in [6.07, 6.45) is 1.91. The highest BCUT2D eigenvalue weighted by atomic mass is 14.1. The van der Waals surface area contributed by atoms with Crippen LogP contribution in [0.3, 0.4) is 0 Å². The van der Waals surface area contributed by atoms with Crippen molar-refractivity contribution >= 4 is 11.6 Å². The minimum Gasteiger partial charge on any atom is -0.0984 e. The summed E-state index contributed by atoms with van der Waals surface area (Å²) in [5, 5.41) is 0. The molecule has 0 N–H and O–H groups in total. The van der Waals surface area contributed by atoms with Crippen LogP contribution in [0.1, 0.15) is 29.2 Å². The lowest BCUT2D eigenvalue weighted by Gasteiger charge is -2.11. The fourth-order valence-corrected chi connectivity index (χ4v) is 1.47. The Hall–Kier alpha value is -1.30. The van der Waals surface area contributed by atoms with E-state index in [2.05, 4.69) is 39.1 Å². The fourth-order valence-electron chi connectivity index (χ4n) is 1.47. The van der Waals surface area contributed by atoms with Crippen LogP contribution in [-0.4, -0.2) is 0 Å². The van der Waals surface area contributed by atoms with E-state index in [-0.39, 0.29) is 0 Å². The SMILES string of the molecule is C=Cc1c(C(=C)C)ccc(C)c1C. The maximum Gasteiger partial charge on any atom is -0.0156 e. The molecule has 0 saturated carbocycles. The molecule has 0 nitrogen and oxygen atoms in total. The second-order valence-electron chi connectivity index (χ2n) is 3.45. The second-order valence-corrected chi connectivity index (χ2v) is 3.45. The van der Waals surface area contributed by atoms with Gasteiger partial charge in [-0.1, -0.05) is 36.9 Å². The fraction of sp³-hybridized carbons (Fsp3) is 0.231. The van der Waals surface area contributed by atoms with Crippen molar-refractivity contribution < 1.29 is 0 Å². The molecular formula is C13H16. The third-order valence-electron chi connectivity index (χ3n) is 2.45. The maximum absolute atomic E-state index is 3.96. The van der Waals surface area contributed by atoms with Crippen molar-refractivity contribution in [2.75, 3.05) is 0 Å². The van der Waals surface area contributed by atoms with Crippen LogP contribution in [-0.2, 0) is 0 Å². The van der Waals surface area contributed by atoms with Gasteiger partial charge in [-0.2, -0.15) is 0 Å². The van der Waals surface area contributed by atoms with Gasteiger partial charge in [0, 0.05) is 0 Å². The second kappa shape index (κ2) is 3.61. The van der Waals surface area contributed by atoms with E-state index in [0.29, 0.717) is 0 Å². The zero-order valence-electron chi connectivity index (χ0n) is 8.65. The molecule has 0 radical (unpaired) electrons. The Balaban J connectivity index is 3.47. The Kier molecular flexibility index (Phi) is 2.72. The molecule has 0 unspecified atom stereocenters. The average molecular weight is 172 g/mol. The Morgan fingerprint density at radius 3 is 2.38 bits per heavy atom. The van der Waals surface area contributed by atoms with Crippen LogP contribution in [0.15, 0.2) is 25.3 Å². The lowest BCUT2D eigenvalue weighted by molar-refractivity contribution is 1.31. The Morgan fingerprint density at radius 2 is 1.92 bits per heavy atom. The molecule has 0 atom stereocenters. The number of benzene rings is 1. The summed E-state index contributed by atoms with van der Waals surface area (Å²) < 4.78 is 0. The average Bonchev–Trinajstić information content (AvgIpc) is 2.09. The van der Waals surface area contributed by atoms with Crippen molar-refractivity contribution in [2.24, 2.45) is 0 Å². The molecule has 0 heterocycles.